The summed E-state index contributed by atoms with van der Waals surface area (Å²) >= 11 is 0. The monoisotopic (exact) mass is 425 g/mol. The molecule has 1 aromatic heterocycles. The van der Waals surface area contributed by atoms with Crippen molar-refractivity contribution >= 4 is 11.8 Å². The van der Waals surface area contributed by atoms with Gasteiger partial charge in [0.25, 0.3) is 0 Å². The Hall–Kier alpha value is -2.67. The zero-order valence-electron chi connectivity index (χ0n) is 18.1. The van der Waals surface area contributed by atoms with Gasteiger partial charge in [-0.3, -0.25) is 4.99 Å². The second kappa shape index (κ2) is 10.6. The third-order valence-corrected chi connectivity index (χ3v) is 5.97. The first-order valence-corrected chi connectivity index (χ1v) is 11.3. The molecule has 2 aromatic rings. The maximum Gasteiger partial charge on any atom is 0.191 e. The Morgan fingerprint density at radius 2 is 2.10 bits per heavy atom. The summed E-state index contributed by atoms with van der Waals surface area (Å²) < 4.78 is 20.2. The molecule has 0 bridgehead atoms. The molecule has 0 amide bonds. The van der Waals surface area contributed by atoms with Crippen molar-refractivity contribution in [3.63, 3.8) is 0 Å². The van der Waals surface area contributed by atoms with E-state index in [0.717, 1.165) is 44.9 Å². The van der Waals surface area contributed by atoms with E-state index in [2.05, 4.69) is 46.8 Å². The molecule has 4 rings (SSSR count). The average Bonchev–Trinajstić information content (AvgIpc) is 3.27. The summed E-state index contributed by atoms with van der Waals surface area (Å²) in [5, 5.41) is 6.90. The molecule has 0 aliphatic carbocycles. The van der Waals surface area contributed by atoms with Crippen LogP contribution in [0.3, 0.4) is 0 Å². The molecule has 166 valence electrons. The van der Waals surface area contributed by atoms with Crippen LogP contribution in [-0.2, 0) is 4.74 Å². The van der Waals surface area contributed by atoms with Gasteiger partial charge >= 0.3 is 0 Å². The van der Waals surface area contributed by atoms with Gasteiger partial charge in [0.1, 0.15) is 0 Å². The van der Waals surface area contributed by atoms with Crippen LogP contribution in [0.15, 0.2) is 53.7 Å². The Kier molecular flexibility index (Phi) is 7.35. The maximum absolute atomic E-state index is 14.1. The van der Waals surface area contributed by atoms with E-state index in [4.69, 9.17) is 9.73 Å². The van der Waals surface area contributed by atoms with E-state index in [0.29, 0.717) is 24.8 Å². The van der Waals surface area contributed by atoms with Crippen LogP contribution in [0.25, 0.3) is 0 Å². The first-order chi connectivity index (χ1) is 15.2. The highest BCUT2D eigenvalue weighted by Crippen LogP contribution is 2.33. The molecule has 6 nitrogen and oxygen atoms in total. The first-order valence-electron chi connectivity index (χ1n) is 11.3. The smallest absolute Gasteiger partial charge is 0.191 e. The topological polar surface area (TPSA) is 61.8 Å². The number of halogens is 1. The molecule has 2 fully saturated rings. The van der Waals surface area contributed by atoms with Crippen molar-refractivity contribution in [3.8, 4) is 0 Å². The van der Waals surface area contributed by atoms with E-state index in [1.54, 1.807) is 12.3 Å². The molecule has 3 unspecified atom stereocenters. The summed E-state index contributed by atoms with van der Waals surface area (Å²) in [5.74, 6) is 1.33. The van der Waals surface area contributed by atoms with Crippen LogP contribution >= 0.6 is 0 Å². The predicted octanol–water partition coefficient (Wildman–Crippen LogP) is 3.52. The minimum absolute atomic E-state index is 0.0932. The lowest BCUT2D eigenvalue weighted by atomic mass is 9.89. The van der Waals surface area contributed by atoms with Gasteiger partial charge in [0.05, 0.1) is 6.10 Å². The second-order valence-electron chi connectivity index (χ2n) is 8.21. The van der Waals surface area contributed by atoms with Gasteiger partial charge in [0.15, 0.2) is 17.6 Å². The Labute approximate surface area is 183 Å². The standard InChI is InChI=1S/C24H32FN5O/c1-2-26-24(29-20-12-14-30(17-20)23-21(25)11-6-13-27-23)28-16-19-10-7-15-31-22(19)18-8-4-3-5-9-18/h3-6,8-9,11,13,19-20,22H,2,7,10,12,14-17H2,1H3,(H2,26,28,29). The quantitative estimate of drug-likeness (QED) is 0.548. The Balaban J connectivity index is 1.38. The normalized spacial score (nSPS) is 24.3. The first kappa shape index (κ1) is 21.6. The number of nitrogens with one attached hydrogen (secondary N) is 2. The van der Waals surface area contributed by atoms with Crippen molar-refractivity contribution in [2.45, 2.75) is 38.3 Å². The van der Waals surface area contributed by atoms with Gasteiger partial charge in [0.2, 0.25) is 0 Å². The van der Waals surface area contributed by atoms with Crippen LogP contribution in [-0.4, -0.2) is 49.8 Å². The largest absolute Gasteiger partial charge is 0.373 e. The van der Waals surface area contributed by atoms with Gasteiger partial charge in [-0.25, -0.2) is 9.37 Å². The summed E-state index contributed by atoms with van der Waals surface area (Å²) in [6, 6.07) is 13.7. The van der Waals surface area contributed by atoms with Crippen molar-refractivity contribution in [1.82, 2.24) is 15.6 Å². The summed E-state index contributed by atoms with van der Waals surface area (Å²) in [6.07, 6.45) is 4.83. The predicted molar refractivity (Wildman–Crippen MR) is 122 cm³/mol. The number of hydrogen-bond donors (Lipinski definition) is 2. The van der Waals surface area contributed by atoms with Gasteiger partial charge in [-0.2, -0.15) is 0 Å². The van der Waals surface area contributed by atoms with E-state index in [1.165, 1.54) is 11.6 Å². The molecule has 2 aliphatic rings. The lowest BCUT2D eigenvalue weighted by molar-refractivity contribution is -0.0250. The summed E-state index contributed by atoms with van der Waals surface area (Å²) in [6.45, 7) is 5.85. The van der Waals surface area contributed by atoms with E-state index < -0.39 is 0 Å². The van der Waals surface area contributed by atoms with E-state index in [1.807, 2.05) is 11.0 Å². The number of nitrogens with zero attached hydrogens (tertiary/aromatic N) is 3. The van der Waals surface area contributed by atoms with Crippen LogP contribution in [0.5, 0.6) is 0 Å². The number of ether oxygens (including phenoxy) is 1. The Morgan fingerprint density at radius 3 is 2.90 bits per heavy atom. The highest BCUT2D eigenvalue weighted by atomic mass is 19.1. The minimum atomic E-state index is -0.270. The number of hydrogen-bond acceptors (Lipinski definition) is 4. The fraction of sp³-hybridized carbons (Fsp3) is 0.500. The number of aromatic nitrogens is 1. The van der Waals surface area contributed by atoms with Crippen LogP contribution in [0.4, 0.5) is 10.2 Å². The van der Waals surface area contributed by atoms with Gasteiger partial charge in [0, 0.05) is 50.9 Å². The Bertz CT molecular complexity index is 862. The number of rotatable bonds is 6. The number of guanidine groups is 1. The lowest BCUT2D eigenvalue weighted by Gasteiger charge is -2.31. The molecule has 2 N–H and O–H groups in total. The molecule has 3 atom stereocenters. The molecule has 1 aromatic carbocycles. The SMILES string of the molecule is CCNC(=NCC1CCCOC1c1ccccc1)NC1CCN(c2ncccc2F)C1. The van der Waals surface area contributed by atoms with Crippen molar-refractivity contribution < 1.29 is 9.13 Å². The minimum Gasteiger partial charge on any atom is -0.373 e. The number of pyridine rings is 1. The third-order valence-electron chi connectivity index (χ3n) is 5.97. The van der Waals surface area contributed by atoms with Crippen molar-refractivity contribution in [3.05, 3.63) is 60.0 Å². The Morgan fingerprint density at radius 1 is 1.23 bits per heavy atom. The fourth-order valence-corrected chi connectivity index (χ4v) is 4.44. The third kappa shape index (κ3) is 5.53. The molecule has 31 heavy (non-hydrogen) atoms. The fourth-order valence-electron chi connectivity index (χ4n) is 4.44. The summed E-state index contributed by atoms with van der Waals surface area (Å²) in [4.78, 5) is 11.1. The van der Waals surface area contributed by atoms with Crippen molar-refractivity contribution in [1.29, 1.82) is 0 Å². The zero-order chi connectivity index (χ0) is 21.5. The lowest BCUT2D eigenvalue weighted by Crippen LogP contribution is -2.45. The molecule has 0 radical (unpaired) electrons. The van der Waals surface area contributed by atoms with Crippen LogP contribution < -0.4 is 15.5 Å². The molecule has 7 heteroatoms. The van der Waals surface area contributed by atoms with Gasteiger partial charge < -0.3 is 20.3 Å². The van der Waals surface area contributed by atoms with Gasteiger partial charge in [-0.1, -0.05) is 30.3 Å². The van der Waals surface area contributed by atoms with Crippen LogP contribution in [0.2, 0.25) is 0 Å². The van der Waals surface area contributed by atoms with E-state index in [-0.39, 0.29) is 18.0 Å². The molecule has 3 heterocycles. The van der Waals surface area contributed by atoms with Crippen LogP contribution in [0.1, 0.15) is 37.9 Å². The van der Waals surface area contributed by atoms with Crippen molar-refractivity contribution in [2.24, 2.45) is 10.9 Å². The van der Waals surface area contributed by atoms with Crippen molar-refractivity contribution in [2.75, 3.05) is 37.7 Å². The van der Waals surface area contributed by atoms with E-state index in [9.17, 15) is 4.39 Å². The maximum atomic E-state index is 14.1. The summed E-state index contributed by atoms with van der Waals surface area (Å²) in [5.41, 5.74) is 1.23. The highest BCUT2D eigenvalue weighted by molar-refractivity contribution is 5.80. The van der Waals surface area contributed by atoms with Gasteiger partial charge in [-0.15, -0.1) is 0 Å². The second-order valence-corrected chi connectivity index (χ2v) is 8.21. The highest BCUT2D eigenvalue weighted by Gasteiger charge is 2.28. The molecular weight excluding hydrogens is 393 g/mol. The van der Waals surface area contributed by atoms with E-state index >= 15 is 0 Å². The summed E-state index contributed by atoms with van der Waals surface area (Å²) in [7, 11) is 0. The molecule has 2 aliphatic heterocycles. The number of benzene rings is 1. The number of anilines is 1. The molecule has 0 spiro atoms. The average molecular weight is 426 g/mol. The van der Waals surface area contributed by atoms with Crippen LogP contribution in [0, 0.1) is 11.7 Å². The molecule has 0 saturated carbocycles. The molecule has 2 saturated heterocycles. The van der Waals surface area contributed by atoms with Gasteiger partial charge in [-0.05, 0) is 43.9 Å². The number of aliphatic imine (C=N–C) groups is 1. The molecular formula is C24H32FN5O. The zero-order valence-corrected chi connectivity index (χ0v) is 18.1.